The molecule has 0 bridgehead atoms. The average Bonchev–Trinajstić information content (AvgIpc) is 2.93. The van der Waals surface area contributed by atoms with Gasteiger partial charge in [-0.2, -0.15) is 11.3 Å². The molecule has 2 N–H and O–H groups in total. The quantitative estimate of drug-likeness (QED) is 0.498. The van der Waals surface area contributed by atoms with Crippen molar-refractivity contribution in [1.29, 1.82) is 0 Å². The Labute approximate surface area is 113 Å². The molecule has 1 atom stereocenters. The number of rotatable bonds is 4. The molecule has 1 aromatic rings. The van der Waals surface area contributed by atoms with Gasteiger partial charge in [0, 0.05) is 20.1 Å². The molecule has 18 heavy (non-hydrogen) atoms. The monoisotopic (exact) mass is 263 g/mol. The lowest BCUT2D eigenvalue weighted by Gasteiger charge is -2.19. The minimum Gasteiger partial charge on any atom is -0.356 e. The summed E-state index contributed by atoms with van der Waals surface area (Å²) in [5.41, 5.74) is 1.31. The Morgan fingerprint density at radius 3 is 3.06 bits per heavy atom. The summed E-state index contributed by atoms with van der Waals surface area (Å²) in [7, 11) is 1.82. The summed E-state index contributed by atoms with van der Waals surface area (Å²) in [4.78, 5) is 4.25. The molecule has 0 spiro atoms. The second-order valence-corrected chi connectivity index (χ2v) is 5.37. The van der Waals surface area contributed by atoms with Gasteiger partial charge in [-0.05, 0) is 47.6 Å². The van der Waals surface area contributed by atoms with Crippen molar-refractivity contribution in [3.8, 4) is 0 Å². The minimum absolute atomic E-state index is 0.745. The van der Waals surface area contributed by atoms with E-state index in [0.717, 1.165) is 25.0 Å². The summed E-state index contributed by atoms with van der Waals surface area (Å²) >= 11 is 1.73. The minimum atomic E-state index is 0.745. The molecule has 0 saturated carbocycles. The van der Waals surface area contributed by atoms with Crippen molar-refractivity contribution in [1.82, 2.24) is 10.6 Å². The molecule has 0 aromatic carbocycles. The molecule has 1 aliphatic carbocycles. The number of hydrogen-bond donors (Lipinski definition) is 2. The summed E-state index contributed by atoms with van der Waals surface area (Å²) in [5.74, 6) is 1.64. The molecule has 0 amide bonds. The molecule has 0 saturated heterocycles. The lowest BCUT2D eigenvalue weighted by Crippen LogP contribution is -2.39. The highest BCUT2D eigenvalue weighted by atomic mass is 32.1. The Hall–Kier alpha value is -1.29. The second-order valence-electron chi connectivity index (χ2n) is 4.59. The topological polar surface area (TPSA) is 36.4 Å². The number of allylic oxidation sites excluding steroid dienone is 2. The van der Waals surface area contributed by atoms with Crippen LogP contribution in [0, 0.1) is 5.92 Å². The van der Waals surface area contributed by atoms with E-state index in [4.69, 9.17) is 0 Å². The van der Waals surface area contributed by atoms with E-state index in [1.807, 2.05) is 7.05 Å². The Kier molecular flexibility index (Phi) is 5.27. The first-order chi connectivity index (χ1) is 8.88. The molecule has 0 radical (unpaired) electrons. The van der Waals surface area contributed by atoms with Crippen molar-refractivity contribution in [2.45, 2.75) is 25.8 Å². The van der Waals surface area contributed by atoms with E-state index in [-0.39, 0.29) is 0 Å². The van der Waals surface area contributed by atoms with Gasteiger partial charge in [0.05, 0.1) is 0 Å². The van der Waals surface area contributed by atoms with Crippen LogP contribution in [0.4, 0.5) is 0 Å². The smallest absolute Gasteiger partial charge is 0.191 e. The highest BCUT2D eigenvalue weighted by molar-refractivity contribution is 7.07. The van der Waals surface area contributed by atoms with Gasteiger partial charge in [0.15, 0.2) is 5.96 Å². The Morgan fingerprint density at radius 2 is 2.39 bits per heavy atom. The van der Waals surface area contributed by atoms with Crippen LogP contribution >= 0.6 is 11.3 Å². The van der Waals surface area contributed by atoms with Gasteiger partial charge in [-0.15, -0.1) is 0 Å². The maximum atomic E-state index is 4.25. The van der Waals surface area contributed by atoms with Crippen LogP contribution in [-0.4, -0.2) is 19.6 Å². The Balaban J connectivity index is 1.70. The van der Waals surface area contributed by atoms with Crippen molar-refractivity contribution < 1.29 is 0 Å². The van der Waals surface area contributed by atoms with E-state index in [1.165, 1.54) is 24.8 Å². The standard InChI is InChI=1S/C14H21N3S/c1-15-14(17-10-13-7-8-18-11-13)16-9-12-5-3-2-4-6-12/h2-3,7-8,11-12H,4-6,9-10H2,1H3,(H2,15,16,17). The van der Waals surface area contributed by atoms with Gasteiger partial charge in [-0.1, -0.05) is 12.2 Å². The molecular formula is C14H21N3S. The fraction of sp³-hybridized carbons (Fsp3) is 0.500. The van der Waals surface area contributed by atoms with E-state index in [9.17, 15) is 0 Å². The number of thiophene rings is 1. The zero-order chi connectivity index (χ0) is 12.6. The first-order valence-corrected chi connectivity index (χ1v) is 7.43. The fourth-order valence-corrected chi connectivity index (χ4v) is 2.75. The largest absolute Gasteiger partial charge is 0.356 e. The molecule has 1 aliphatic rings. The summed E-state index contributed by atoms with van der Waals surface area (Å²) in [6.07, 6.45) is 8.25. The number of guanidine groups is 1. The van der Waals surface area contributed by atoms with Crippen molar-refractivity contribution >= 4 is 17.3 Å². The van der Waals surface area contributed by atoms with Gasteiger partial charge in [0.1, 0.15) is 0 Å². The summed E-state index contributed by atoms with van der Waals surface area (Å²) in [6.45, 7) is 1.85. The van der Waals surface area contributed by atoms with Crippen LogP contribution < -0.4 is 10.6 Å². The molecule has 0 aliphatic heterocycles. The summed E-state index contributed by atoms with van der Waals surface area (Å²) in [6, 6.07) is 2.14. The molecule has 4 heteroatoms. The Bertz CT molecular complexity index is 395. The lowest BCUT2D eigenvalue weighted by atomic mass is 9.94. The van der Waals surface area contributed by atoms with Crippen LogP contribution in [0.3, 0.4) is 0 Å². The normalized spacial score (nSPS) is 19.8. The SMILES string of the molecule is CN=C(NCc1ccsc1)NCC1CC=CCC1. The lowest BCUT2D eigenvalue weighted by molar-refractivity contribution is 0.469. The highest BCUT2D eigenvalue weighted by Gasteiger charge is 2.10. The fourth-order valence-electron chi connectivity index (χ4n) is 2.08. The van der Waals surface area contributed by atoms with Gasteiger partial charge in [-0.3, -0.25) is 4.99 Å². The molecule has 98 valence electrons. The van der Waals surface area contributed by atoms with Gasteiger partial charge in [0.25, 0.3) is 0 Å². The van der Waals surface area contributed by atoms with Crippen LogP contribution in [0.25, 0.3) is 0 Å². The van der Waals surface area contributed by atoms with Crippen molar-refractivity contribution in [2.75, 3.05) is 13.6 Å². The average molecular weight is 263 g/mol. The van der Waals surface area contributed by atoms with Gasteiger partial charge in [0.2, 0.25) is 0 Å². The van der Waals surface area contributed by atoms with Crippen molar-refractivity contribution in [2.24, 2.45) is 10.9 Å². The van der Waals surface area contributed by atoms with Gasteiger partial charge in [-0.25, -0.2) is 0 Å². The van der Waals surface area contributed by atoms with E-state index >= 15 is 0 Å². The third-order valence-corrected chi connectivity index (χ3v) is 3.93. The van der Waals surface area contributed by atoms with Crippen LogP contribution in [0.15, 0.2) is 34.0 Å². The zero-order valence-electron chi connectivity index (χ0n) is 10.9. The van der Waals surface area contributed by atoms with Gasteiger partial charge < -0.3 is 10.6 Å². The first kappa shape index (κ1) is 13.1. The summed E-state index contributed by atoms with van der Waals surface area (Å²) < 4.78 is 0. The van der Waals surface area contributed by atoms with Crippen LogP contribution in [0.5, 0.6) is 0 Å². The third kappa shape index (κ3) is 4.18. The van der Waals surface area contributed by atoms with E-state index in [2.05, 4.69) is 44.6 Å². The molecule has 2 rings (SSSR count). The molecule has 1 aromatic heterocycles. The highest BCUT2D eigenvalue weighted by Crippen LogP contribution is 2.16. The predicted octanol–water partition coefficient (Wildman–Crippen LogP) is 2.77. The number of nitrogens with zero attached hydrogens (tertiary/aromatic N) is 1. The van der Waals surface area contributed by atoms with Crippen molar-refractivity contribution in [3.05, 3.63) is 34.5 Å². The third-order valence-electron chi connectivity index (χ3n) is 3.20. The van der Waals surface area contributed by atoms with E-state index < -0.39 is 0 Å². The Morgan fingerprint density at radius 1 is 1.44 bits per heavy atom. The maximum absolute atomic E-state index is 4.25. The number of hydrogen-bond acceptors (Lipinski definition) is 2. The van der Waals surface area contributed by atoms with Crippen molar-refractivity contribution in [3.63, 3.8) is 0 Å². The second kappa shape index (κ2) is 7.21. The first-order valence-electron chi connectivity index (χ1n) is 6.49. The number of nitrogens with one attached hydrogen (secondary N) is 2. The van der Waals surface area contributed by atoms with Crippen LogP contribution in [0.2, 0.25) is 0 Å². The van der Waals surface area contributed by atoms with Crippen LogP contribution in [-0.2, 0) is 6.54 Å². The molecule has 1 unspecified atom stereocenters. The summed E-state index contributed by atoms with van der Waals surface area (Å²) in [5, 5.41) is 11.0. The van der Waals surface area contributed by atoms with E-state index in [0.29, 0.717) is 0 Å². The molecule has 1 heterocycles. The molecule has 0 fully saturated rings. The zero-order valence-corrected chi connectivity index (χ0v) is 11.7. The predicted molar refractivity (Wildman–Crippen MR) is 79.0 cm³/mol. The van der Waals surface area contributed by atoms with Gasteiger partial charge >= 0.3 is 0 Å². The molecule has 3 nitrogen and oxygen atoms in total. The van der Waals surface area contributed by atoms with Crippen LogP contribution in [0.1, 0.15) is 24.8 Å². The maximum Gasteiger partial charge on any atom is 0.191 e. The number of aliphatic imine (C=N–C) groups is 1. The molecular weight excluding hydrogens is 242 g/mol. The van der Waals surface area contributed by atoms with E-state index in [1.54, 1.807) is 11.3 Å².